The molecule has 0 unspecified atom stereocenters. The molecule has 2 heterocycles. The molecule has 0 amide bonds. The van der Waals surface area contributed by atoms with Gasteiger partial charge in [0.2, 0.25) is 5.82 Å². The fourth-order valence-electron chi connectivity index (χ4n) is 2.91. The van der Waals surface area contributed by atoms with E-state index in [1.807, 2.05) is 30.3 Å². The van der Waals surface area contributed by atoms with Crippen molar-refractivity contribution in [2.24, 2.45) is 5.73 Å². The second kappa shape index (κ2) is 7.77. The van der Waals surface area contributed by atoms with Crippen LogP contribution in [0, 0.1) is 0 Å². The third kappa shape index (κ3) is 3.67. The number of aliphatic hydroxyl groups is 1. The number of benzene rings is 1. The standard InChI is InChI=1S/C10H8N2O3S.C8H11NO/c13-8-6-4-2-1-3-5(4)16-9(6)12-7(11-8)10(14)15;9-8(6-10)7-4-2-1-3-5-7/h1-3H2,(H,14,15)(H,11,12,13);1-5,8,10H,6,9H2/t;8-/m.1/s1. The predicted octanol–water partition coefficient (Wildman–Crippen LogP) is 1.85. The largest absolute Gasteiger partial charge is 0.475 e. The smallest absolute Gasteiger partial charge is 0.372 e. The van der Waals surface area contributed by atoms with Gasteiger partial charge in [0.25, 0.3) is 5.56 Å². The monoisotopic (exact) mass is 373 g/mol. The molecule has 1 aromatic carbocycles. The van der Waals surface area contributed by atoms with Crippen molar-refractivity contribution in [2.75, 3.05) is 6.61 Å². The van der Waals surface area contributed by atoms with Gasteiger partial charge in [-0.25, -0.2) is 9.78 Å². The second-order valence-corrected chi connectivity index (χ2v) is 7.04. The van der Waals surface area contributed by atoms with Crippen LogP contribution in [0.5, 0.6) is 0 Å². The van der Waals surface area contributed by atoms with Crippen molar-refractivity contribution in [1.29, 1.82) is 0 Å². The molecule has 5 N–H and O–H groups in total. The number of aryl methyl sites for hydroxylation is 2. The molecule has 136 valence electrons. The first-order chi connectivity index (χ1) is 12.5. The maximum Gasteiger partial charge on any atom is 0.372 e. The van der Waals surface area contributed by atoms with E-state index in [1.54, 1.807) is 0 Å². The molecule has 1 aliphatic carbocycles. The minimum atomic E-state index is -1.20. The van der Waals surface area contributed by atoms with E-state index in [0.717, 1.165) is 30.4 Å². The number of aromatic amines is 1. The van der Waals surface area contributed by atoms with E-state index in [0.29, 0.717) is 10.2 Å². The van der Waals surface area contributed by atoms with Gasteiger partial charge in [-0.05, 0) is 30.4 Å². The Hall–Kier alpha value is -2.55. The van der Waals surface area contributed by atoms with Crippen LogP contribution >= 0.6 is 11.3 Å². The molecule has 26 heavy (non-hydrogen) atoms. The SMILES string of the molecule is N[C@H](CO)c1ccccc1.O=C(O)c1nc2sc3c(c2c(=O)[nH]1)CCC3. The average Bonchev–Trinajstić information content (AvgIpc) is 3.22. The van der Waals surface area contributed by atoms with Crippen molar-refractivity contribution in [3.8, 4) is 0 Å². The van der Waals surface area contributed by atoms with Crippen LogP contribution in [0.15, 0.2) is 35.1 Å². The van der Waals surface area contributed by atoms with Crippen molar-refractivity contribution in [3.05, 3.63) is 62.5 Å². The molecule has 0 saturated heterocycles. The van der Waals surface area contributed by atoms with Gasteiger partial charge in [-0.2, -0.15) is 0 Å². The summed E-state index contributed by atoms with van der Waals surface area (Å²) in [5.74, 6) is -1.48. The van der Waals surface area contributed by atoms with Crippen molar-refractivity contribution < 1.29 is 15.0 Å². The van der Waals surface area contributed by atoms with E-state index in [2.05, 4.69) is 9.97 Å². The Labute approximate surface area is 153 Å². The molecule has 0 aliphatic heterocycles. The summed E-state index contributed by atoms with van der Waals surface area (Å²) in [5.41, 5.74) is 7.25. The predicted molar refractivity (Wildman–Crippen MR) is 99.7 cm³/mol. The van der Waals surface area contributed by atoms with Gasteiger partial charge >= 0.3 is 5.97 Å². The van der Waals surface area contributed by atoms with Crippen LogP contribution in [-0.4, -0.2) is 32.8 Å². The van der Waals surface area contributed by atoms with Gasteiger partial charge in [0.05, 0.1) is 18.0 Å². The number of nitrogens with two attached hydrogens (primary N) is 1. The van der Waals surface area contributed by atoms with Gasteiger partial charge in [-0.15, -0.1) is 11.3 Å². The molecule has 1 atom stereocenters. The lowest BCUT2D eigenvalue weighted by molar-refractivity contribution is 0.0683. The van der Waals surface area contributed by atoms with Gasteiger partial charge < -0.3 is 20.9 Å². The highest BCUT2D eigenvalue weighted by Gasteiger charge is 2.22. The van der Waals surface area contributed by atoms with E-state index in [1.165, 1.54) is 16.2 Å². The van der Waals surface area contributed by atoms with E-state index in [-0.39, 0.29) is 24.0 Å². The van der Waals surface area contributed by atoms with E-state index in [4.69, 9.17) is 15.9 Å². The fraction of sp³-hybridized carbons (Fsp3) is 0.278. The summed E-state index contributed by atoms with van der Waals surface area (Å²) >= 11 is 1.44. The summed E-state index contributed by atoms with van der Waals surface area (Å²) in [7, 11) is 0. The van der Waals surface area contributed by atoms with E-state index < -0.39 is 5.97 Å². The number of carbonyl (C=O) groups is 1. The Bertz CT molecular complexity index is 981. The zero-order valence-corrected chi connectivity index (χ0v) is 14.8. The molecule has 3 aromatic rings. The van der Waals surface area contributed by atoms with Gasteiger partial charge in [-0.3, -0.25) is 4.79 Å². The number of H-pyrrole nitrogens is 1. The summed E-state index contributed by atoms with van der Waals surface area (Å²) in [6.45, 7) is 0.00398. The van der Waals surface area contributed by atoms with Crippen LogP contribution in [0.2, 0.25) is 0 Å². The number of nitrogens with one attached hydrogen (secondary N) is 1. The fourth-order valence-corrected chi connectivity index (χ4v) is 4.17. The topological polar surface area (TPSA) is 129 Å². The second-order valence-electron chi connectivity index (χ2n) is 5.96. The van der Waals surface area contributed by atoms with Crippen molar-refractivity contribution in [1.82, 2.24) is 9.97 Å². The normalized spacial score (nSPS) is 13.8. The Balaban J connectivity index is 0.000000170. The van der Waals surface area contributed by atoms with E-state index in [9.17, 15) is 9.59 Å². The summed E-state index contributed by atoms with van der Waals surface area (Å²) in [6, 6.07) is 9.31. The van der Waals surface area contributed by atoms with E-state index >= 15 is 0 Å². The molecule has 0 radical (unpaired) electrons. The number of carboxylic acids is 1. The quantitative estimate of drug-likeness (QED) is 0.554. The molecule has 2 aromatic heterocycles. The number of hydrogen-bond acceptors (Lipinski definition) is 6. The highest BCUT2D eigenvalue weighted by atomic mass is 32.1. The number of aromatic carboxylic acids is 1. The summed E-state index contributed by atoms with van der Waals surface area (Å²) < 4.78 is 0. The van der Waals surface area contributed by atoms with Crippen molar-refractivity contribution in [3.63, 3.8) is 0 Å². The Morgan fingerprint density at radius 1 is 1.31 bits per heavy atom. The van der Waals surface area contributed by atoms with Gasteiger partial charge in [0, 0.05) is 4.88 Å². The van der Waals surface area contributed by atoms with Crippen molar-refractivity contribution in [2.45, 2.75) is 25.3 Å². The number of hydrogen-bond donors (Lipinski definition) is 4. The molecule has 0 bridgehead atoms. The Morgan fingerprint density at radius 3 is 2.69 bits per heavy atom. The van der Waals surface area contributed by atoms with Crippen LogP contribution in [0.4, 0.5) is 0 Å². The van der Waals surface area contributed by atoms with Crippen LogP contribution in [0.1, 0.15) is 39.1 Å². The molecule has 7 nitrogen and oxygen atoms in total. The number of rotatable bonds is 3. The molecular formula is C18H19N3O4S. The molecule has 8 heteroatoms. The maximum absolute atomic E-state index is 11.8. The minimum absolute atomic E-state index is 0.00398. The number of thiophene rings is 1. The van der Waals surface area contributed by atoms with Crippen LogP contribution in [0.3, 0.4) is 0 Å². The minimum Gasteiger partial charge on any atom is -0.475 e. The number of aromatic nitrogens is 2. The molecule has 0 saturated carbocycles. The Kier molecular flexibility index (Phi) is 5.46. The number of aliphatic hydroxyl groups excluding tert-OH is 1. The molecule has 1 aliphatic rings. The lowest BCUT2D eigenvalue weighted by Crippen LogP contribution is -2.15. The lowest BCUT2D eigenvalue weighted by atomic mass is 10.1. The lowest BCUT2D eigenvalue weighted by Gasteiger charge is -2.06. The highest BCUT2D eigenvalue weighted by Crippen LogP contribution is 2.34. The van der Waals surface area contributed by atoms with Crippen molar-refractivity contribution >= 4 is 27.5 Å². The van der Waals surface area contributed by atoms with Crippen LogP contribution in [-0.2, 0) is 12.8 Å². The number of nitrogens with zero attached hydrogens (tertiary/aromatic N) is 1. The molecule has 4 rings (SSSR count). The third-order valence-corrected chi connectivity index (χ3v) is 5.39. The molecule has 0 spiro atoms. The summed E-state index contributed by atoms with van der Waals surface area (Å²) in [4.78, 5) is 30.5. The third-order valence-electron chi connectivity index (χ3n) is 4.20. The van der Waals surface area contributed by atoms with Gasteiger partial charge in [-0.1, -0.05) is 30.3 Å². The number of fused-ring (bicyclic) bond motifs is 3. The van der Waals surface area contributed by atoms with Crippen LogP contribution < -0.4 is 11.3 Å². The van der Waals surface area contributed by atoms with Crippen LogP contribution in [0.25, 0.3) is 10.2 Å². The molecular weight excluding hydrogens is 354 g/mol. The maximum atomic E-state index is 11.8. The first-order valence-corrected chi connectivity index (χ1v) is 9.02. The first-order valence-electron chi connectivity index (χ1n) is 8.20. The highest BCUT2D eigenvalue weighted by molar-refractivity contribution is 7.18. The summed E-state index contributed by atoms with van der Waals surface area (Å²) in [5, 5.41) is 18.0. The molecule has 0 fully saturated rings. The van der Waals surface area contributed by atoms with Gasteiger partial charge in [0.1, 0.15) is 4.83 Å². The average molecular weight is 373 g/mol. The number of carboxylic acid groups (broad SMARTS) is 1. The van der Waals surface area contributed by atoms with Gasteiger partial charge in [0.15, 0.2) is 0 Å². The summed E-state index contributed by atoms with van der Waals surface area (Å²) in [6.07, 6.45) is 2.93. The Morgan fingerprint density at radius 2 is 2.04 bits per heavy atom. The zero-order valence-electron chi connectivity index (χ0n) is 13.9. The first kappa shape index (κ1) is 18.2. The zero-order chi connectivity index (χ0) is 18.7.